The van der Waals surface area contributed by atoms with Gasteiger partial charge in [0.2, 0.25) is 0 Å². The number of amides is 1. The third-order valence-corrected chi connectivity index (χ3v) is 4.26. The zero-order valence-corrected chi connectivity index (χ0v) is 17.2. The number of hydrogen-bond donors (Lipinski definition) is 1. The molecule has 0 bridgehead atoms. The molecule has 0 fully saturated rings. The molecule has 0 atom stereocenters. The number of aryl methyl sites for hydroxylation is 1. The first-order valence-corrected chi connectivity index (χ1v) is 9.52. The molecule has 0 heterocycles. The van der Waals surface area contributed by atoms with E-state index in [0.717, 1.165) is 5.56 Å². The van der Waals surface area contributed by atoms with E-state index in [1.54, 1.807) is 48.5 Å². The Morgan fingerprint density at radius 2 is 1.68 bits per heavy atom. The van der Waals surface area contributed by atoms with Crippen LogP contribution in [0.4, 0.5) is 0 Å². The van der Waals surface area contributed by atoms with Crippen LogP contribution in [0.25, 0.3) is 0 Å². The number of esters is 1. The molecule has 3 rings (SSSR count). The lowest BCUT2D eigenvalue weighted by Crippen LogP contribution is -2.24. The molecule has 0 aliphatic rings. The molecule has 1 N–H and O–H groups in total. The molecule has 1 amide bonds. The summed E-state index contributed by atoms with van der Waals surface area (Å²) in [5, 5.41) is 3.92. The number of benzene rings is 3. The molecule has 3 aromatic rings. The first-order valence-electron chi connectivity index (χ1n) is 9.52. The smallest absolute Gasteiger partial charge is 0.343 e. The van der Waals surface area contributed by atoms with Crippen molar-refractivity contribution in [3.63, 3.8) is 0 Å². The van der Waals surface area contributed by atoms with Crippen molar-refractivity contribution in [2.24, 2.45) is 5.10 Å². The standard InChI is InChI=1S/C24H22N2O5/c1-17-8-6-7-11-20(17)30-16-23(27)26-25-15-18-12-13-21(22(14-18)29-2)31-24(28)19-9-4-3-5-10-19/h3-15H,16H2,1-2H3,(H,26,27)/b25-15-. The number of carbonyl (C=O) groups excluding carboxylic acids is 2. The molecule has 7 heteroatoms. The van der Waals surface area contributed by atoms with E-state index in [9.17, 15) is 9.59 Å². The number of carbonyl (C=O) groups is 2. The first kappa shape index (κ1) is 21.6. The Kier molecular flexibility index (Phi) is 7.37. The molecule has 0 saturated heterocycles. The molecular formula is C24H22N2O5. The van der Waals surface area contributed by atoms with Crippen LogP contribution in [0, 0.1) is 6.92 Å². The minimum atomic E-state index is -0.485. The van der Waals surface area contributed by atoms with Crippen molar-refractivity contribution in [2.75, 3.05) is 13.7 Å². The molecule has 7 nitrogen and oxygen atoms in total. The number of methoxy groups -OCH3 is 1. The van der Waals surface area contributed by atoms with Gasteiger partial charge in [0.25, 0.3) is 5.91 Å². The van der Waals surface area contributed by atoms with Crippen LogP contribution in [-0.2, 0) is 4.79 Å². The van der Waals surface area contributed by atoms with Crippen molar-refractivity contribution < 1.29 is 23.8 Å². The van der Waals surface area contributed by atoms with Gasteiger partial charge in [0, 0.05) is 0 Å². The zero-order valence-electron chi connectivity index (χ0n) is 17.2. The third-order valence-electron chi connectivity index (χ3n) is 4.26. The van der Waals surface area contributed by atoms with Crippen LogP contribution in [0.1, 0.15) is 21.5 Å². The van der Waals surface area contributed by atoms with Crippen molar-refractivity contribution in [1.29, 1.82) is 0 Å². The molecule has 0 unspecified atom stereocenters. The van der Waals surface area contributed by atoms with Crippen LogP contribution >= 0.6 is 0 Å². The Bertz CT molecular complexity index is 1080. The second-order valence-electron chi connectivity index (χ2n) is 6.51. The summed E-state index contributed by atoms with van der Waals surface area (Å²) in [6.45, 7) is 1.75. The summed E-state index contributed by atoms with van der Waals surface area (Å²) in [6.07, 6.45) is 1.46. The number of ether oxygens (including phenoxy) is 3. The van der Waals surface area contributed by atoms with Gasteiger partial charge in [-0.3, -0.25) is 4.79 Å². The highest BCUT2D eigenvalue weighted by Crippen LogP contribution is 2.28. The molecule has 0 spiro atoms. The Morgan fingerprint density at radius 1 is 0.935 bits per heavy atom. The summed E-state index contributed by atoms with van der Waals surface area (Å²) in [6, 6.07) is 21.0. The zero-order chi connectivity index (χ0) is 22.1. The maximum atomic E-state index is 12.2. The van der Waals surface area contributed by atoms with E-state index >= 15 is 0 Å². The Labute approximate surface area is 180 Å². The van der Waals surface area contributed by atoms with E-state index in [4.69, 9.17) is 14.2 Å². The molecule has 0 aliphatic carbocycles. The number of para-hydroxylation sites is 1. The normalized spacial score (nSPS) is 10.5. The minimum absolute atomic E-state index is 0.153. The molecule has 158 valence electrons. The molecule has 31 heavy (non-hydrogen) atoms. The SMILES string of the molecule is COc1cc(/C=N\NC(=O)COc2ccccc2C)ccc1OC(=O)c1ccccc1. The van der Waals surface area contributed by atoms with Gasteiger partial charge in [-0.05, 0) is 54.4 Å². The topological polar surface area (TPSA) is 86.2 Å². The van der Waals surface area contributed by atoms with Gasteiger partial charge in [0.15, 0.2) is 18.1 Å². The fourth-order valence-electron chi connectivity index (χ4n) is 2.65. The summed E-state index contributed by atoms with van der Waals surface area (Å²) < 4.78 is 16.2. The highest BCUT2D eigenvalue weighted by molar-refractivity contribution is 5.91. The van der Waals surface area contributed by atoms with E-state index < -0.39 is 5.97 Å². The van der Waals surface area contributed by atoms with Crippen molar-refractivity contribution in [3.05, 3.63) is 89.5 Å². The highest BCUT2D eigenvalue weighted by atomic mass is 16.6. The van der Waals surface area contributed by atoms with Gasteiger partial charge in [-0.2, -0.15) is 5.10 Å². The van der Waals surface area contributed by atoms with E-state index in [0.29, 0.717) is 22.6 Å². The highest BCUT2D eigenvalue weighted by Gasteiger charge is 2.12. The fourth-order valence-corrected chi connectivity index (χ4v) is 2.65. The van der Waals surface area contributed by atoms with Gasteiger partial charge in [-0.1, -0.05) is 36.4 Å². The fraction of sp³-hybridized carbons (Fsp3) is 0.125. The first-order chi connectivity index (χ1) is 15.1. The summed E-state index contributed by atoms with van der Waals surface area (Å²) in [5.74, 6) is 0.416. The molecular weight excluding hydrogens is 396 g/mol. The summed E-state index contributed by atoms with van der Waals surface area (Å²) >= 11 is 0. The van der Waals surface area contributed by atoms with E-state index in [1.165, 1.54) is 13.3 Å². The lowest BCUT2D eigenvalue weighted by molar-refractivity contribution is -0.123. The average molecular weight is 418 g/mol. The second-order valence-corrected chi connectivity index (χ2v) is 6.51. The minimum Gasteiger partial charge on any atom is -0.493 e. The maximum absolute atomic E-state index is 12.2. The van der Waals surface area contributed by atoms with Crippen LogP contribution in [-0.4, -0.2) is 31.8 Å². The molecule has 0 radical (unpaired) electrons. The Hall–Kier alpha value is -4.13. The van der Waals surface area contributed by atoms with Crippen LogP contribution in [0.5, 0.6) is 17.2 Å². The van der Waals surface area contributed by atoms with Gasteiger partial charge < -0.3 is 14.2 Å². The van der Waals surface area contributed by atoms with Gasteiger partial charge in [-0.15, -0.1) is 0 Å². The molecule has 0 aliphatic heterocycles. The monoisotopic (exact) mass is 418 g/mol. The number of nitrogens with zero attached hydrogens (tertiary/aromatic N) is 1. The lowest BCUT2D eigenvalue weighted by Gasteiger charge is -2.10. The molecule has 0 aromatic heterocycles. The van der Waals surface area contributed by atoms with Gasteiger partial charge >= 0.3 is 5.97 Å². The quantitative estimate of drug-likeness (QED) is 0.261. The number of hydrogen-bond acceptors (Lipinski definition) is 6. The van der Waals surface area contributed by atoms with Gasteiger partial charge in [-0.25, -0.2) is 10.2 Å². The van der Waals surface area contributed by atoms with Crippen molar-refractivity contribution >= 4 is 18.1 Å². The van der Waals surface area contributed by atoms with Gasteiger partial charge in [0.1, 0.15) is 5.75 Å². The van der Waals surface area contributed by atoms with Crippen LogP contribution < -0.4 is 19.6 Å². The third kappa shape index (κ3) is 6.17. The van der Waals surface area contributed by atoms with Crippen molar-refractivity contribution in [3.8, 4) is 17.2 Å². The van der Waals surface area contributed by atoms with Crippen molar-refractivity contribution in [1.82, 2.24) is 5.43 Å². The second kappa shape index (κ2) is 10.6. The van der Waals surface area contributed by atoms with E-state index in [-0.39, 0.29) is 18.3 Å². The Morgan fingerprint density at radius 3 is 2.42 bits per heavy atom. The lowest BCUT2D eigenvalue weighted by atomic mass is 10.2. The predicted octanol–water partition coefficient (Wildman–Crippen LogP) is 3.75. The largest absolute Gasteiger partial charge is 0.493 e. The summed E-state index contributed by atoms with van der Waals surface area (Å²) in [7, 11) is 1.47. The number of rotatable bonds is 8. The number of hydrazone groups is 1. The molecule has 3 aromatic carbocycles. The van der Waals surface area contributed by atoms with Crippen LogP contribution in [0.3, 0.4) is 0 Å². The van der Waals surface area contributed by atoms with Crippen molar-refractivity contribution in [2.45, 2.75) is 6.92 Å². The predicted molar refractivity (Wildman–Crippen MR) is 117 cm³/mol. The molecule has 0 saturated carbocycles. The number of nitrogens with one attached hydrogen (secondary N) is 1. The van der Waals surface area contributed by atoms with Crippen LogP contribution in [0.2, 0.25) is 0 Å². The average Bonchev–Trinajstić information content (AvgIpc) is 2.80. The maximum Gasteiger partial charge on any atom is 0.343 e. The van der Waals surface area contributed by atoms with E-state index in [1.807, 2.05) is 31.2 Å². The van der Waals surface area contributed by atoms with Gasteiger partial charge in [0.05, 0.1) is 18.9 Å². The summed E-state index contributed by atoms with van der Waals surface area (Å²) in [5.41, 5.74) is 4.43. The van der Waals surface area contributed by atoms with E-state index in [2.05, 4.69) is 10.5 Å². The Balaban J connectivity index is 1.56. The van der Waals surface area contributed by atoms with Crippen LogP contribution in [0.15, 0.2) is 77.9 Å². The summed E-state index contributed by atoms with van der Waals surface area (Å²) in [4.78, 5) is 24.2.